The molecule has 0 aromatic carbocycles. The molecule has 0 amide bonds. The average Bonchev–Trinajstić information content (AvgIpc) is 1.84. The fourth-order valence-electron chi connectivity index (χ4n) is 1.17. The number of aliphatic carboxylic acids is 1. The number of allylic oxidation sites excluding steroid dienone is 2. The van der Waals surface area contributed by atoms with Crippen molar-refractivity contribution < 1.29 is 9.90 Å². The molecule has 0 aliphatic carbocycles. The molecule has 0 radical (unpaired) electrons. The lowest BCUT2D eigenvalue weighted by Gasteiger charge is -2.01. The van der Waals surface area contributed by atoms with E-state index in [0.29, 0.717) is 5.92 Å². The molecule has 0 aromatic heterocycles. The molecule has 0 fully saturated rings. The minimum atomic E-state index is -0.702. The highest BCUT2D eigenvalue weighted by Gasteiger charge is 1.97. The normalized spacial score (nSPS) is 12.2. The maximum absolute atomic E-state index is 10.2. The van der Waals surface area contributed by atoms with Gasteiger partial charge in [-0.05, 0) is 25.7 Å². The number of hydrogen-bond donors (Lipinski definition) is 1. The Labute approximate surface area is 74.3 Å². The minimum Gasteiger partial charge on any atom is -0.481 e. The van der Waals surface area contributed by atoms with Gasteiger partial charge in [-0.15, -0.1) is 0 Å². The Morgan fingerprint density at radius 1 is 1.42 bits per heavy atom. The van der Waals surface area contributed by atoms with E-state index in [1.54, 1.807) is 0 Å². The van der Waals surface area contributed by atoms with Gasteiger partial charge in [0.25, 0.3) is 0 Å². The van der Waals surface area contributed by atoms with Crippen molar-refractivity contribution in [1.29, 1.82) is 0 Å². The van der Waals surface area contributed by atoms with Crippen molar-refractivity contribution >= 4 is 5.97 Å². The highest BCUT2D eigenvalue weighted by Crippen LogP contribution is 2.09. The Morgan fingerprint density at radius 2 is 2.00 bits per heavy atom. The number of carboxylic acid groups (broad SMARTS) is 1. The van der Waals surface area contributed by atoms with Gasteiger partial charge in [-0.3, -0.25) is 4.79 Å². The predicted octanol–water partition coefficient (Wildman–Crippen LogP) is 2.84. The van der Waals surface area contributed by atoms with E-state index in [2.05, 4.69) is 26.8 Å². The lowest BCUT2D eigenvalue weighted by Crippen LogP contribution is -1.94. The van der Waals surface area contributed by atoms with Gasteiger partial charge in [-0.2, -0.15) is 0 Å². The largest absolute Gasteiger partial charge is 0.481 e. The molecule has 0 aliphatic heterocycles. The Balaban J connectivity index is 3.57. The van der Waals surface area contributed by atoms with Crippen LogP contribution in [-0.2, 0) is 4.79 Å². The van der Waals surface area contributed by atoms with Crippen LogP contribution in [0.5, 0.6) is 0 Å². The summed E-state index contributed by atoms with van der Waals surface area (Å²) < 4.78 is 0. The molecule has 0 saturated heterocycles. The zero-order valence-corrected chi connectivity index (χ0v) is 8.13. The van der Waals surface area contributed by atoms with Crippen LogP contribution in [0.4, 0.5) is 0 Å². The van der Waals surface area contributed by atoms with Crippen molar-refractivity contribution in [2.75, 3.05) is 0 Å². The fourth-order valence-corrected chi connectivity index (χ4v) is 1.17. The summed E-state index contributed by atoms with van der Waals surface area (Å²) in [6, 6.07) is 0. The molecule has 12 heavy (non-hydrogen) atoms. The van der Waals surface area contributed by atoms with Crippen LogP contribution >= 0.6 is 0 Å². The van der Waals surface area contributed by atoms with Crippen LogP contribution in [0.25, 0.3) is 0 Å². The van der Waals surface area contributed by atoms with Crippen LogP contribution in [-0.4, -0.2) is 11.1 Å². The number of rotatable bonds is 5. The summed E-state index contributed by atoms with van der Waals surface area (Å²) in [7, 11) is 0. The van der Waals surface area contributed by atoms with Crippen molar-refractivity contribution in [3.8, 4) is 0 Å². The monoisotopic (exact) mass is 170 g/mol. The van der Waals surface area contributed by atoms with E-state index in [1.807, 2.05) is 0 Å². The number of carbonyl (C=O) groups is 1. The highest BCUT2D eigenvalue weighted by molar-refractivity contribution is 5.66. The first kappa shape index (κ1) is 11.2. The minimum absolute atomic E-state index is 0.281. The quantitative estimate of drug-likeness (QED) is 0.644. The Hall–Kier alpha value is -0.790. The molecule has 0 saturated carbocycles. The van der Waals surface area contributed by atoms with E-state index >= 15 is 0 Å². The molecule has 70 valence electrons. The van der Waals surface area contributed by atoms with E-state index in [-0.39, 0.29) is 6.42 Å². The molecule has 0 heterocycles. The molecule has 0 bridgehead atoms. The van der Waals surface area contributed by atoms with E-state index in [0.717, 1.165) is 12.8 Å². The summed E-state index contributed by atoms with van der Waals surface area (Å²) in [6.45, 7) is 6.31. The second-order valence-corrected chi connectivity index (χ2v) is 3.50. The number of hydrogen-bond acceptors (Lipinski definition) is 1. The van der Waals surface area contributed by atoms with Gasteiger partial charge in [0.1, 0.15) is 0 Å². The fraction of sp³-hybridized carbons (Fsp3) is 0.700. The zero-order valence-electron chi connectivity index (χ0n) is 8.13. The summed E-state index contributed by atoms with van der Waals surface area (Å²) >= 11 is 0. The zero-order chi connectivity index (χ0) is 9.56. The van der Waals surface area contributed by atoms with Gasteiger partial charge in [0.2, 0.25) is 0 Å². The third kappa shape index (κ3) is 7.32. The lowest BCUT2D eigenvalue weighted by molar-refractivity contribution is -0.137. The molecule has 0 aromatic rings. The van der Waals surface area contributed by atoms with Crippen molar-refractivity contribution in [3.63, 3.8) is 0 Å². The molecular formula is C10H18O2. The Bertz CT molecular complexity index is 169. The topological polar surface area (TPSA) is 37.3 Å². The first-order valence-corrected chi connectivity index (χ1v) is 4.41. The van der Waals surface area contributed by atoms with Crippen LogP contribution in [0.1, 0.15) is 40.0 Å². The second kappa shape index (κ2) is 5.81. The van der Waals surface area contributed by atoms with E-state index in [1.165, 1.54) is 5.57 Å². The van der Waals surface area contributed by atoms with Gasteiger partial charge < -0.3 is 5.11 Å². The standard InChI is InChI=1S/C10H18O2/c1-8(2)7-9(3)5-4-6-10(11)12/h7-8H,4-6H2,1-3H3,(H,11,12)/b9-7+. The Kier molecular flexibility index (Phi) is 5.43. The molecule has 0 rings (SSSR count). The molecule has 1 N–H and O–H groups in total. The maximum atomic E-state index is 10.2. The molecule has 2 heteroatoms. The third-order valence-corrected chi connectivity index (χ3v) is 1.58. The van der Waals surface area contributed by atoms with E-state index in [9.17, 15) is 4.79 Å². The summed E-state index contributed by atoms with van der Waals surface area (Å²) in [5, 5.41) is 8.39. The summed E-state index contributed by atoms with van der Waals surface area (Å²) in [5.41, 5.74) is 1.30. The van der Waals surface area contributed by atoms with Gasteiger partial charge in [-0.1, -0.05) is 25.5 Å². The van der Waals surface area contributed by atoms with Gasteiger partial charge in [0, 0.05) is 6.42 Å². The summed E-state index contributed by atoms with van der Waals surface area (Å²) in [6.07, 6.45) is 4.12. The smallest absolute Gasteiger partial charge is 0.303 e. The van der Waals surface area contributed by atoms with Crippen molar-refractivity contribution in [2.45, 2.75) is 40.0 Å². The SMILES string of the molecule is C/C(=C\C(C)C)CCCC(=O)O. The molecule has 0 unspecified atom stereocenters. The van der Waals surface area contributed by atoms with Gasteiger partial charge >= 0.3 is 5.97 Å². The van der Waals surface area contributed by atoms with E-state index in [4.69, 9.17) is 5.11 Å². The van der Waals surface area contributed by atoms with E-state index < -0.39 is 5.97 Å². The average molecular weight is 170 g/mol. The van der Waals surface area contributed by atoms with Crippen LogP contribution in [0.15, 0.2) is 11.6 Å². The van der Waals surface area contributed by atoms with Gasteiger partial charge in [0.15, 0.2) is 0 Å². The lowest BCUT2D eigenvalue weighted by atomic mass is 10.1. The van der Waals surface area contributed by atoms with Crippen molar-refractivity contribution in [1.82, 2.24) is 0 Å². The highest BCUT2D eigenvalue weighted by atomic mass is 16.4. The molecule has 0 atom stereocenters. The Morgan fingerprint density at radius 3 is 2.42 bits per heavy atom. The third-order valence-electron chi connectivity index (χ3n) is 1.58. The summed E-state index contributed by atoms with van der Waals surface area (Å²) in [5.74, 6) is -0.137. The first-order valence-electron chi connectivity index (χ1n) is 4.41. The first-order chi connectivity index (χ1) is 5.52. The maximum Gasteiger partial charge on any atom is 0.303 e. The van der Waals surface area contributed by atoms with Crippen molar-refractivity contribution in [3.05, 3.63) is 11.6 Å². The second-order valence-electron chi connectivity index (χ2n) is 3.50. The van der Waals surface area contributed by atoms with Gasteiger partial charge in [0.05, 0.1) is 0 Å². The predicted molar refractivity (Wildman–Crippen MR) is 50.1 cm³/mol. The van der Waals surface area contributed by atoms with Gasteiger partial charge in [-0.25, -0.2) is 0 Å². The van der Waals surface area contributed by atoms with Crippen LogP contribution in [0.2, 0.25) is 0 Å². The van der Waals surface area contributed by atoms with Crippen molar-refractivity contribution in [2.24, 2.45) is 5.92 Å². The number of carboxylic acids is 1. The van der Waals surface area contributed by atoms with Crippen LogP contribution < -0.4 is 0 Å². The molecule has 0 spiro atoms. The summed E-state index contributed by atoms with van der Waals surface area (Å²) in [4.78, 5) is 10.2. The van der Waals surface area contributed by atoms with Crippen LogP contribution in [0.3, 0.4) is 0 Å². The molecular weight excluding hydrogens is 152 g/mol. The molecule has 0 aliphatic rings. The van der Waals surface area contributed by atoms with Crippen LogP contribution in [0, 0.1) is 5.92 Å². The molecule has 2 nitrogen and oxygen atoms in total.